The van der Waals surface area contributed by atoms with Crippen molar-refractivity contribution in [1.82, 2.24) is 0 Å². The molecule has 1 aromatic rings. The van der Waals surface area contributed by atoms with Crippen LogP contribution in [0.15, 0.2) is 24.3 Å². The number of halogens is 1. The zero-order chi connectivity index (χ0) is 12.1. The lowest BCUT2D eigenvalue weighted by Crippen LogP contribution is -2.26. The van der Waals surface area contributed by atoms with Crippen LogP contribution in [0.1, 0.15) is 38.3 Å². The lowest BCUT2D eigenvalue weighted by Gasteiger charge is -2.20. The number of nitrogens with two attached hydrogens (primary N) is 1. The van der Waals surface area contributed by atoms with E-state index in [1.54, 1.807) is 6.07 Å². The Kier molecular flexibility index (Phi) is 5.26. The van der Waals surface area contributed by atoms with Crippen molar-refractivity contribution in [2.75, 3.05) is 0 Å². The van der Waals surface area contributed by atoms with Crippen LogP contribution in [0.2, 0.25) is 5.02 Å². The van der Waals surface area contributed by atoms with E-state index in [0.717, 1.165) is 12.0 Å². The summed E-state index contributed by atoms with van der Waals surface area (Å²) in [5, 5.41) is 10.6. The Balaban J connectivity index is 2.63. The highest BCUT2D eigenvalue weighted by Crippen LogP contribution is 2.25. The SMILES string of the molecule is CC(C)CC[C@H](O)[C@H](N)c1ccccc1Cl. The van der Waals surface area contributed by atoms with Crippen LogP contribution < -0.4 is 5.73 Å². The van der Waals surface area contributed by atoms with Gasteiger partial charge in [-0.3, -0.25) is 0 Å². The van der Waals surface area contributed by atoms with Gasteiger partial charge in [0.25, 0.3) is 0 Å². The quantitative estimate of drug-likeness (QED) is 0.832. The van der Waals surface area contributed by atoms with E-state index in [1.807, 2.05) is 18.2 Å². The molecule has 2 atom stereocenters. The minimum Gasteiger partial charge on any atom is -0.391 e. The van der Waals surface area contributed by atoms with Crippen molar-refractivity contribution in [3.8, 4) is 0 Å². The molecule has 0 fully saturated rings. The van der Waals surface area contributed by atoms with E-state index >= 15 is 0 Å². The molecule has 0 saturated carbocycles. The van der Waals surface area contributed by atoms with E-state index in [2.05, 4.69) is 13.8 Å². The van der Waals surface area contributed by atoms with Crippen LogP contribution in [-0.4, -0.2) is 11.2 Å². The monoisotopic (exact) mass is 241 g/mol. The minimum absolute atomic E-state index is 0.396. The first-order chi connectivity index (χ1) is 7.52. The fraction of sp³-hybridized carbons (Fsp3) is 0.538. The van der Waals surface area contributed by atoms with Gasteiger partial charge in [0.05, 0.1) is 12.1 Å². The lowest BCUT2D eigenvalue weighted by molar-refractivity contribution is 0.128. The fourth-order valence-electron chi connectivity index (χ4n) is 1.64. The number of benzene rings is 1. The van der Waals surface area contributed by atoms with Crippen molar-refractivity contribution in [2.24, 2.45) is 11.7 Å². The highest BCUT2D eigenvalue weighted by molar-refractivity contribution is 6.31. The summed E-state index contributed by atoms with van der Waals surface area (Å²) in [4.78, 5) is 0. The van der Waals surface area contributed by atoms with E-state index in [-0.39, 0.29) is 0 Å². The molecule has 0 unspecified atom stereocenters. The van der Waals surface area contributed by atoms with Crippen LogP contribution in [0.4, 0.5) is 0 Å². The van der Waals surface area contributed by atoms with E-state index < -0.39 is 12.1 Å². The molecule has 0 aliphatic heterocycles. The van der Waals surface area contributed by atoms with Crippen molar-refractivity contribution in [3.63, 3.8) is 0 Å². The predicted molar refractivity (Wildman–Crippen MR) is 68.5 cm³/mol. The highest BCUT2D eigenvalue weighted by atomic mass is 35.5. The number of hydrogen-bond acceptors (Lipinski definition) is 2. The molecule has 16 heavy (non-hydrogen) atoms. The molecule has 1 aromatic carbocycles. The molecule has 3 N–H and O–H groups in total. The van der Waals surface area contributed by atoms with Crippen LogP contribution in [0, 0.1) is 5.92 Å². The minimum atomic E-state index is -0.526. The number of aliphatic hydroxyl groups excluding tert-OH is 1. The van der Waals surface area contributed by atoms with Crippen LogP contribution >= 0.6 is 11.6 Å². The highest BCUT2D eigenvalue weighted by Gasteiger charge is 2.18. The van der Waals surface area contributed by atoms with Gasteiger partial charge in [0.15, 0.2) is 0 Å². The molecule has 3 heteroatoms. The number of aliphatic hydroxyl groups is 1. The van der Waals surface area contributed by atoms with Crippen LogP contribution in [0.5, 0.6) is 0 Å². The van der Waals surface area contributed by atoms with Crippen molar-refractivity contribution in [2.45, 2.75) is 38.8 Å². The van der Waals surface area contributed by atoms with Gasteiger partial charge >= 0.3 is 0 Å². The molecular weight excluding hydrogens is 222 g/mol. The van der Waals surface area contributed by atoms with Gasteiger partial charge in [-0.15, -0.1) is 0 Å². The Bertz CT molecular complexity index is 327. The molecule has 0 bridgehead atoms. The van der Waals surface area contributed by atoms with Crippen LogP contribution in [0.3, 0.4) is 0 Å². The van der Waals surface area contributed by atoms with Gasteiger partial charge in [-0.05, 0) is 30.4 Å². The first-order valence-corrected chi connectivity index (χ1v) is 6.08. The summed E-state index contributed by atoms with van der Waals surface area (Å²) in [6, 6.07) is 7.01. The summed E-state index contributed by atoms with van der Waals surface area (Å²) < 4.78 is 0. The molecule has 0 aliphatic rings. The molecule has 90 valence electrons. The third-order valence-corrected chi connectivity index (χ3v) is 3.06. The normalized spacial score (nSPS) is 15.1. The maximum absolute atomic E-state index is 9.96. The largest absolute Gasteiger partial charge is 0.391 e. The average molecular weight is 242 g/mol. The van der Waals surface area contributed by atoms with Crippen molar-refractivity contribution in [3.05, 3.63) is 34.9 Å². The summed E-state index contributed by atoms with van der Waals surface area (Å²) >= 11 is 6.03. The van der Waals surface area contributed by atoms with Crippen LogP contribution in [-0.2, 0) is 0 Å². The van der Waals surface area contributed by atoms with Gasteiger partial charge in [0.2, 0.25) is 0 Å². The predicted octanol–water partition coefficient (Wildman–Crippen LogP) is 3.14. The summed E-state index contributed by atoms with van der Waals surface area (Å²) in [5.41, 5.74) is 6.81. The van der Waals surface area contributed by atoms with E-state index in [4.69, 9.17) is 17.3 Å². The Morgan fingerprint density at radius 3 is 2.44 bits per heavy atom. The molecule has 2 nitrogen and oxygen atoms in total. The van der Waals surface area contributed by atoms with Gasteiger partial charge in [-0.2, -0.15) is 0 Å². The third kappa shape index (κ3) is 3.78. The maximum atomic E-state index is 9.96. The second-order valence-corrected chi connectivity index (χ2v) is 4.99. The first-order valence-electron chi connectivity index (χ1n) is 5.70. The molecule has 0 amide bonds. The Morgan fingerprint density at radius 1 is 1.25 bits per heavy atom. The molecular formula is C13H20ClNO. The van der Waals surface area contributed by atoms with Crippen molar-refractivity contribution < 1.29 is 5.11 Å². The van der Waals surface area contributed by atoms with Gasteiger partial charge in [0.1, 0.15) is 0 Å². The van der Waals surface area contributed by atoms with Crippen molar-refractivity contribution in [1.29, 1.82) is 0 Å². The van der Waals surface area contributed by atoms with Gasteiger partial charge in [0, 0.05) is 5.02 Å². The maximum Gasteiger partial charge on any atom is 0.0733 e. The topological polar surface area (TPSA) is 46.2 Å². The van der Waals surface area contributed by atoms with Crippen molar-refractivity contribution >= 4 is 11.6 Å². The van der Waals surface area contributed by atoms with Gasteiger partial charge in [-0.25, -0.2) is 0 Å². The second kappa shape index (κ2) is 6.24. The average Bonchev–Trinajstić information content (AvgIpc) is 2.25. The summed E-state index contributed by atoms with van der Waals surface area (Å²) in [6.45, 7) is 4.27. The number of hydrogen-bond donors (Lipinski definition) is 2. The lowest BCUT2D eigenvalue weighted by atomic mass is 9.96. The Hall–Kier alpha value is -0.570. The fourth-order valence-corrected chi connectivity index (χ4v) is 1.90. The first kappa shape index (κ1) is 13.5. The summed E-state index contributed by atoms with van der Waals surface area (Å²) in [5.74, 6) is 0.577. The smallest absolute Gasteiger partial charge is 0.0733 e. The Morgan fingerprint density at radius 2 is 1.88 bits per heavy atom. The molecule has 0 radical (unpaired) electrons. The molecule has 0 aromatic heterocycles. The standard InChI is InChI=1S/C13H20ClNO/c1-9(2)7-8-12(16)13(15)10-5-3-4-6-11(10)14/h3-6,9,12-13,16H,7-8,15H2,1-2H3/t12-,13+/m0/s1. The zero-order valence-electron chi connectivity index (χ0n) is 9.86. The molecule has 0 saturated heterocycles. The van der Waals surface area contributed by atoms with E-state index in [9.17, 15) is 5.11 Å². The summed E-state index contributed by atoms with van der Waals surface area (Å²) in [7, 11) is 0. The van der Waals surface area contributed by atoms with Gasteiger partial charge in [-0.1, -0.05) is 43.6 Å². The van der Waals surface area contributed by atoms with E-state index in [1.165, 1.54) is 0 Å². The van der Waals surface area contributed by atoms with Crippen LogP contribution in [0.25, 0.3) is 0 Å². The third-order valence-electron chi connectivity index (χ3n) is 2.72. The molecule has 0 spiro atoms. The summed E-state index contributed by atoms with van der Waals surface area (Å²) in [6.07, 6.45) is 1.16. The van der Waals surface area contributed by atoms with E-state index in [0.29, 0.717) is 17.4 Å². The Labute approximate surface area is 102 Å². The molecule has 0 heterocycles. The van der Waals surface area contributed by atoms with Gasteiger partial charge < -0.3 is 10.8 Å². The number of rotatable bonds is 5. The zero-order valence-corrected chi connectivity index (χ0v) is 10.6. The molecule has 0 aliphatic carbocycles. The molecule has 1 rings (SSSR count). The second-order valence-electron chi connectivity index (χ2n) is 4.59.